The summed E-state index contributed by atoms with van der Waals surface area (Å²) in [6, 6.07) is 11.0. The minimum absolute atomic E-state index is 0.150. The van der Waals surface area contributed by atoms with Gasteiger partial charge in [0.05, 0.1) is 13.7 Å². The van der Waals surface area contributed by atoms with Crippen molar-refractivity contribution in [2.75, 3.05) is 20.3 Å². The molecule has 3 aromatic rings. The van der Waals surface area contributed by atoms with E-state index in [1.807, 2.05) is 18.2 Å². The van der Waals surface area contributed by atoms with Crippen LogP contribution < -0.4 is 20.3 Å². The van der Waals surface area contributed by atoms with E-state index < -0.39 is 0 Å². The summed E-state index contributed by atoms with van der Waals surface area (Å²) in [7, 11) is 1.56. The van der Waals surface area contributed by atoms with Crippen molar-refractivity contribution in [3.8, 4) is 22.9 Å². The van der Waals surface area contributed by atoms with Gasteiger partial charge < -0.3 is 19.8 Å². The largest absolute Gasteiger partial charge is 0.493 e. The fourth-order valence-corrected chi connectivity index (χ4v) is 3.11. The zero-order valence-electron chi connectivity index (χ0n) is 19.0. The number of aromatic amines is 1. The van der Waals surface area contributed by atoms with Crippen molar-refractivity contribution in [2.24, 2.45) is 0 Å². The normalized spacial score (nSPS) is 10.6. The number of rotatable bonds is 12. The summed E-state index contributed by atoms with van der Waals surface area (Å²) in [5.74, 6) is 1.36. The predicted octanol–water partition coefficient (Wildman–Crippen LogP) is 2.71. The standard InChI is InChI=1S/C24H29N5O4/c1-3-4-15-33-20-10-8-17(16-21(20)32-2)23-27-24(31)19(28-29-23)9-11-22(30)26-14-12-18-7-5-6-13-25-18/h5-8,10,13,16H,3-4,9,11-12,14-15H2,1-2H3,(H,26,30)(H,27,29,31). The maximum Gasteiger partial charge on any atom is 0.273 e. The van der Waals surface area contributed by atoms with Gasteiger partial charge in [-0.05, 0) is 36.8 Å². The lowest BCUT2D eigenvalue weighted by atomic mass is 10.2. The molecule has 9 heteroatoms. The molecule has 9 nitrogen and oxygen atoms in total. The van der Waals surface area contributed by atoms with E-state index in [0.717, 1.165) is 18.5 Å². The number of hydrogen-bond donors (Lipinski definition) is 2. The number of carbonyl (C=O) groups is 1. The molecule has 1 aromatic carbocycles. The number of nitrogens with one attached hydrogen (secondary N) is 2. The number of methoxy groups -OCH3 is 1. The van der Waals surface area contributed by atoms with Crippen LogP contribution in [0.5, 0.6) is 11.5 Å². The molecular weight excluding hydrogens is 422 g/mol. The number of benzene rings is 1. The van der Waals surface area contributed by atoms with Crippen LogP contribution in [0, 0.1) is 0 Å². The third-order valence-corrected chi connectivity index (χ3v) is 4.98. The third-order valence-electron chi connectivity index (χ3n) is 4.98. The van der Waals surface area contributed by atoms with Crippen LogP contribution in [0.3, 0.4) is 0 Å². The first-order valence-electron chi connectivity index (χ1n) is 11.0. The van der Waals surface area contributed by atoms with Crippen molar-refractivity contribution < 1.29 is 14.3 Å². The average Bonchev–Trinajstić information content (AvgIpc) is 2.84. The lowest BCUT2D eigenvalue weighted by Crippen LogP contribution is -2.27. The number of amides is 1. The average molecular weight is 452 g/mol. The van der Waals surface area contributed by atoms with E-state index >= 15 is 0 Å². The van der Waals surface area contributed by atoms with Gasteiger partial charge in [-0.3, -0.25) is 14.6 Å². The van der Waals surface area contributed by atoms with Gasteiger partial charge in [-0.25, -0.2) is 0 Å². The lowest BCUT2D eigenvalue weighted by Gasteiger charge is -2.11. The summed E-state index contributed by atoms with van der Waals surface area (Å²) in [5.41, 5.74) is 1.40. The van der Waals surface area contributed by atoms with Crippen LogP contribution >= 0.6 is 0 Å². The molecule has 0 aliphatic rings. The Morgan fingerprint density at radius 2 is 2.00 bits per heavy atom. The van der Waals surface area contributed by atoms with E-state index in [1.54, 1.807) is 31.5 Å². The second-order valence-electron chi connectivity index (χ2n) is 7.44. The van der Waals surface area contributed by atoms with Gasteiger partial charge in [0.2, 0.25) is 5.91 Å². The van der Waals surface area contributed by atoms with Crippen molar-refractivity contribution >= 4 is 5.91 Å². The Morgan fingerprint density at radius 1 is 1.12 bits per heavy atom. The molecule has 0 fully saturated rings. The van der Waals surface area contributed by atoms with Gasteiger partial charge in [0, 0.05) is 43.3 Å². The second kappa shape index (κ2) is 12.3. The highest BCUT2D eigenvalue weighted by Crippen LogP contribution is 2.31. The molecular formula is C24H29N5O4. The van der Waals surface area contributed by atoms with Crippen molar-refractivity contribution in [1.29, 1.82) is 0 Å². The molecule has 0 atom stereocenters. The van der Waals surface area contributed by atoms with Gasteiger partial charge in [-0.1, -0.05) is 19.4 Å². The molecule has 0 spiro atoms. The van der Waals surface area contributed by atoms with E-state index in [4.69, 9.17) is 9.47 Å². The molecule has 1 amide bonds. The summed E-state index contributed by atoms with van der Waals surface area (Å²) in [4.78, 5) is 31.5. The van der Waals surface area contributed by atoms with Crippen LogP contribution in [0.25, 0.3) is 11.4 Å². The van der Waals surface area contributed by atoms with E-state index in [9.17, 15) is 9.59 Å². The van der Waals surface area contributed by atoms with Gasteiger partial charge in [0.1, 0.15) is 5.69 Å². The van der Waals surface area contributed by atoms with Gasteiger partial charge in [0.25, 0.3) is 5.56 Å². The number of unbranched alkanes of at least 4 members (excludes halogenated alkanes) is 1. The Labute approximate surface area is 192 Å². The van der Waals surface area contributed by atoms with Crippen LogP contribution in [0.15, 0.2) is 47.4 Å². The maximum absolute atomic E-state index is 12.5. The monoisotopic (exact) mass is 451 g/mol. The van der Waals surface area contributed by atoms with Gasteiger partial charge >= 0.3 is 0 Å². The summed E-state index contributed by atoms with van der Waals surface area (Å²) < 4.78 is 11.1. The molecule has 0 unspecified atom stereocenters. The number of ether oxygens (including phenoxy) is 2. The highest BCUT2D eigenvalue weighted by molar-refractivity contribution is 5.76. The molecule has 0 saturated heterocycles. The Kier molecular flexibility index (Phi) is 8.93. The molecule has 2 heterocycles. The molecule has 33 heavy (non-hydrogen) atoms. The Morgan fingerprint density at radius 3 is 2.73 bits per heavy atom. The van der Waals surface area contributed by atoms with Crippen molar-refractivity contribution in [2.45, 2.75) is 39.0 Å². The summed E-state index contributed by atoms with van der Waals surface area (Å²) in [6.45, 7) is 3.18. The molecule has 0 radical (unpaired) electrons. The molecule has 0 aliphatic heterocycles. The van der Waals surface area contributed by atoms with Gasteiger partial charge in [-0.15, -0.1) is 10.2 Å². The number of hydrogen-bond acceptors (Lipinski definition) is 7. The predicted molar refractivity (Wildman–Crippen MR) is 124 cm³/mol. The number of aromatic nitrogens is 4. The summed E-state index contributed by atoms with van der Waals surface area (Å²) >= 11 is 0. The number of carbonyl (C=O) groups excluding carboxylic acids is 1. The van der Waals surface area contributed by atoms with E-state index in [0.29, 0.717) is 42.5 Å². The minimum Gasteiger partial charge on any atom is -0.493 e. The maximum atomic E-state index is 12.5. The zero-order chi connectivity index (χ0) is 23.5. The van der Waals surface area contributed by atoms with Crippen LogP contribution in [-0.4, -0.2) is 46.3 Å². The fraction of sp³-hybridized carbons (Fsp3) is 0.375. The summed E-state index contributed by atoms with van der Waals surface area (Å²) in [5, 5.41) is 11.0. The van der Waals surface area contributed by atoms with Crippen molar-refractivity contribution in [3.63, 3.8) is 0 Å². The van der Waals surface area contributed by atoms with Crippen LogP contribution in [0.1, 0.15) is 37.6 Å². The molecule has 0 bridgehead atoms. The Balaban J connectivity index is 1.56. The lowest BCUT2D eigenvalue weighted by molar-refractivity contribution is -0.121. The third kappa shape index (κ3) is 7.13. The SMILES string of the molecule is CCCCOc1ccc(-c2nnc(CCC(=O)NCCc3ccccn3)c(=O)[nH]2)cc1OC. The second-order valence-corrected chi connectivity index (χ2v) is 7.44. The Bertz CT molecular complexity index is 1100. The number of H-pyrrole nitrogens is 1. The van der Waals surface area contributed by atoms with Gasteiger partial charge in [0.15, 0.2) is 17.3 Å². The van der Waals surface area contributed by atoms with E-state index in [1.165, 1.54) is 0 Å². The fourth-order valence-electron chi connectivity index (χ4n) is 3.11. The smallest absolute Gasteiger partial charge is 0.273 e. The van der Waals surface area contributed by atoms with Crippen LogP contribution in [0.4, 0.5) is 0 Å². The molecule has 0 saturated carbocycles. The molecule has 174 valence electrons. The molecule has 2 aromatic heterocycles. The molecule has 3 rings (SSSR count). The number of aryl methyl sites for hydroxylation is 1. The number of nitrogens with zero attached hydrogens (tertiary/aromatic N) is 3. The first-order valence-corrected chi connectivity index (χ1v) is 11.0. The first kappa shape index (κ1) is 23.9. The van der Waals surface area contributed by atoms with Crippen molar-refractivity contribution in [1.82, 2.24) is 25.5 Å². The minimum atomic E-state index is -0.372. The highest BCUT2D eigenvalue weighted by Gasteiger charge is 2.12. The zero-order valence-corrected chi connectivity index (χ0v) is 19.0. The van der Waals surface area contributed by atoms with Crippen molar-refractivity contribution in [3.05, 3.63) is 64.3 Å². The van der Waals surface area contributed by atoms with Crippen LogP contribution in [-0.2, 0) is 17.6 Å². The quantitative estimate of drug-likeness (QED) is 0.406. The highest BCUT2D eigenvalue weighted by atomic mass is 16.5. The first-order chi connectivity index (χ1) is 16.1. The molecule has 2 N–H and O–H groups in total. The molecule has 0 aliphatic carbocycles. The Hall–Kier alpha value is -3.75. The summed E-state index contributed by atoms with van der Waals surface area (Å²) in [6.07, 6.45) is 4.71. The van der Waals surface area contributed by atoms with E-state index in [2.05, 4.69) is 32.4 Å². The topological polar surface area (TPSA) is 119 Å². The van der Waals surface area contributed by atoms with Crippen LogP contribution in [0.2, 0.25) is 0 Å². The van der Waals surface area contributed by atoms with Gasteiger partial charge in [-0.2, -0.15) is 0 Å². The number of pyridine rings is 1. The van der Waals surface area contributed by atoms with E-state index in [-0.39, 0.29) is 30.0 Å².